The van der Waals surface area contributed by atoms with Crippen LogP contribution in [0.2, 0.25) is 0 Å². The van der Waals surface area contributed by atoms with Crippen LogP contribution in [0.3, 0.4) is 0 Å². The number of ether oxygens (including phenoxy) is 1. The number of benzene rings is 1. The minimum atomic E-state index is 0.334. The molecule has 1 saturated carbocycles. The first-order chi connectivity index (χ1) is 13.6. The maximum Gasteiger partial charge on any atom is 0.173 e. The lowest BCUT2D eigenvalue weighted by molar-refractivity contribution is 0.340. The molecule has 3 aromatic rings. The van der Waals surface area contributed by atoms with Crippen LogP contribution in [0.1, 0.15) is 32.6 Å². The zero-order valence-corrected chi connectivity index (χ0v) is 18.0. The van der Waals surface area contributed by atoms with Crippen LogP contribution in [0.4, 0.5) is 17.3 Å². The minimum Gasteiger partial charge on any atom is -0.494 e. The number of rotatable bonds is 6. The SMILES string of the molecule is CCOc1ccc(Nc2cc(NC3CCC(N)CC3)nc3c(I)cnn23)cc1. The van der Waals surface area contributed by atoms with Crippen LogP contribution in [0, 0.1) is 3.57 Å². The molecular weight excluding hydrogens is 467 g/mol. The largest absolute Gasteiger partial charge is 0.494 e. The molecule has 0 bridgehead atoms. The van der Waals surface area contributed by atoms with Crippen LogP contribution in [0.15, 0.2) is 36.5 Å². The van der Waals surface area contributed by atoms with Crippen molar-refractivity contribution < 1.29 is 4.74 Å². The summed E-state index contributed by atoms with van der Waals surface area (Å²) in [4.78, 5) is 4.78. The van der Waals surface area contributed by atoms with Crippen molar-refractivity contribution in [1.29, 1.82) is 0 Å². The Balaban J connectivity index is 1.59. The van der Waals surface area contributed by atoms with Crippen molar-refractivity contribution in [3.05, 3.63) is 40.1 Å². The average Bonchev–Trinajstić information content (AvgIpc) is 3.07. The summed E-state index contributed by atoms with van der Waals surface area (Å²) in [5.41, 5.74) is 7.84. The summed E-state index contributed by atoms with van der Waals surface area (Å²) in [7, 11) is 0. The van der Waals surface area contributed by atoms with Gasteiger partial charge in [-0.15, -0.1) is 0 Å². The minimum absolute atomic E-state index is 0.334. The molecule has 0 radical (unpaired) electrons. The Morgan fingerprint density at radius 3 is 2.68 bits per heavy atom. The van der Waals surface area contributed by atoms with E-state index in [1.807, 2.05) is 48.0 Å². The van der Waals surface area contributed by atoms with Gasteiger partial charge in [-0.3, -0.25) is 0 Å². The summed E-state index contributed by atoms with van der Waals surface area (Å²) in [5, 5.41) is 11.5. The van der Waals surface area contributed by atoms with Crippen molar-refractivity contribution in [3.8, 4) is 5.75 Å². The molecule has 0 saturated heterocycles. The number of hydrogen-bond acceptors (Lipinski definition) is 6. The average molecular weight is 492 g/mol. The zero-order chi connectivity index (χ0) is 19.5. The van der Waals surface area contributed by atoms with Gasteiger partial charge >= 0.3 is 0 Å². The number of halogens is 1. The summed E-state index contributed by atoms with van der Waals surface area (Å²) in [6.07, 6.45) is 6.09. The number of fused-ring (bicyclic) bond motifs is 1. The fraction of sp³-hybridized carbons (Fsp3) is 0.400. The highest BCUT2D eigenvalue weighted by molar-refractivity contribution is 14.1. The standard InChI is InChI=1S/C20H25IN6O/c1-2-28-16-9-7-15(8-10-16)25-19-11-18(24-14-5-3-13(22)4-6-14)26-20-17(21)12-23-27(19)20/h7-14,25H,2-6,22H2,1H3,(H,24,26). The molecule has 0 aliphatic heterocycles. The maximum atomic E-state index is 6.04. The molecule has 1 aromatic carbocycles. The maximum absolute atomic E-state index is 6.04. The van der Waals surface area contributed by atoms with E-state index in [0.29, 0.717) is 18.7 Å². The van der Waals surface area contributed by atoms with Crippen LogP contribution >= 0.6 is 22.6 Å². The molecule has 1 aliphatic rings. The third kappa shape index (κ3) is 4.33. The molecule has 4 N–H and O–H groups in total. The molecule has 2 heterocycles. The first-order valence-corrected chi connectivity index (χ1v) is 10.8. The molecule has 148 valence electrons. The normalized spacial score (nSPS) is 19.5. The number of nitrogens with one attached hydrogen (secondary N) is 2. The number of hydrogen-bond donors (Lipinski definition) is 3. The van der Waals surface area contributed by atoms with E-state index in [-0.39, 0.29) is 0 Å². The van der Waals surface area contributed by atoms with E-state index >= 15 is 0 Å². The number of anilines is 3. The number of aromatic nitrogens is 3. The van der Waals surface area contributed by atoms with Gasteiger partial charge in [0.05, 0.1) is 16.4 Å². The van der Waals surface area contributed by atoms with Gasteiger partial charge in [-0.2, -0.15) is 9.61 Å². The van der Waals surface area contributed by atoms with Gasteiger partial charge in [-0.25, -0.2) is 4.98 Å². The van der Waals surface area contributed by atoms with E-state index in [9.17, 15) is 0 Å². The fourth-order valence-electron chi connectivity index (χ4n) is 3.52. The van der Waals surface area contributed by atoms with Crippen LogP contribution < -0.4 is 21.1 Å². The Hall–Kier alpha value is -2.07. The Bertz CT molecular complexity index is 934. The van der Waals surface area contributed by atoms with E-state index in [1.54, 1.807) is 0 Å². The zero-order valence-electron chi connectivity index (χ0n) is 15.9. The van der Waals surface area contributed by atoms with Crippen LogP contribution in [-0.2, 0) is 0 Å². The smallest absolute Gasteiger partial charge is 0.173 e. The Morgan fingerprint density at radius 1 is 1.21 bits per heavy atom. The molecule has 1 aliphatic carbocycles. The van der Waals surface area contributed by atoms with Gasteiger partial charge in [-0.1, -0.05) is 0 Å². The van der Waals surface area contributed by atoms with Crippen molar-refractivity contribution >= 4 is 45.6 Å². The van der Waals surface area contributed by atoms with Crippen LogP contribution in [0.25, 0.3) is 5.65 Å². The summed E-state index contributed by atoms with van der Waals surface area (Å²) in [6, 6.07) is 10.7. The fourth-order valence-corrected chi connectivity index (χ4v) is 3.99. The third-order valence-corrected chi connectivity index (χ3v) is 5.75. The second-order valence-electron chi connectivity index (χ2n) is 7.09. The van der Waals surface area contributed by atoms with Gasteiger partial charge in [0.25, 0.3) is 0 Å². The van der Waals surface area contributed by atoms with Gasteiger partial charge in [0.2, 0.25) is 0 Å². The number of nitrogens with two attached hydrogens (primary N) is 1. The highest BCUT2D eigenvalue weighted by atomic mass is 127. The summed E-state index contributed by atoms with van der Waals surface area (Å²) >= 11 is 2.27. The van der Waals surface area contributed by atoms with Crippen molar-refractivity contribution in [2.24, 2.45) is 5.73 Å². The first kappa shape index (κ1) is 19.3. The first-order valence-electron chi connectivity index (χ1n) is 9.68. The van der Waals surface area contributed by atoms with Gasteiger partial charge in [0, 0.05) is 23.8 Å². The molecule has 8 heteroatoms. The predicted octanol–water partition coefficient (Wildman–Crippen LogP) is 4.16. The van der Waals surface area contributed by atoms with Crippen molar-refractivity contribution in [1.82, 2.24) is 14.6 Å². The van der Waals surface area contributed by atoms with E-state index in [4.69, 9.17) is 15.5 Å². The predicted molar refractivity (Wildman–Crippen MR) is 120 cm³/mol. The molecule has 0 unspecified atom stereocenters. The molecule has 4 rings (SSSR count). The molecule has 0 amide bonds. The van der Waals surface area contributed by atoms with Crippen molar-refractivity contribution in [3.63, 3.8) is 0 Å². The molecule has 0 spiro atoms. The Labute approximate surface area is 178 Å². The topological polar surface area (TPSA) is 89.5 Å². The van der Waals surface area contributed by atoms with E-state index in [0.717, 1.165) is 58.0 Å². The highest BCUT2D eigenvalue weighted by Crippen LogP contribution is 2.26. The molecule has 7 nitrogen and oxygen atoms in total. The van der Waals surface area contributed by atoms with E-state index in [1.165, 1.54) is 0 Å². The second-order valence-corrected chi connectivity index (χ2v) is 8.26. The molecule has 28 heavy (non-hydrogen) atoms. The van der Waals surface area contributed by atoms with E-state index < -0.39 is 0 Å². The van der Waals surface area contributed by atoms with Gasteiger partial charge in [0.1, 0.15) is 17.4 Å². The van der Waals surface area contributed by atoms with Crippen LogP contribution in [0.5, 0.6) is 5.75 Å². The monoisotopic (exact) mass is 492 g/mol. The quantitative estimate of drug-likeness (QED) is 0.448. The lowest BCUT2D eigenvalue weighted by Gasteiger charge is -2.27. The third-order valence-electron chi connectivity index (χ3n) is 4.99. The van der Waals surface area contributed by atoms with Crippen LogP contribution in [-0.4, -0.2) is 33.3 Å². The summed E-state index contributed by atoms with van der Waals surface area (Å²) < 4.78 is 8.37. The summed E-state index contributed by atoms with van der Waals surface area (Å²) in [6.45, 7) is 2.64. The molecule has 0 atom stereocenters. The van der Waals surface area contributed by atoms with Crippen molar-refractivity contribution in [2.45, 2.75) is 44.7 Å². The molecule has 1 fully saturated rings. The van der Waals surface area contributed by atoms with E-state index in [2.05, 4.69) is 38.3 Å². The lowest BCUT2D eigenvalue weighted by atomic mass is 9.92. The summed E-state index contributed by atoms with van der Waals surface area (Å²) in [5.74, 6) is 2.59. The van der Waals surface area contributed by atoms with Gasteiger partial charge in [-0.05, 0) is 79.5 Å². The molecule has 2 aromatic heterocycles. The Morgan fingerprint density at radius 2 is 1.96 bits per heavy atom. The van der Waals surface area contributed by atoms with Gasteiger partial charge in [0.15, 0.2) is 5.65 Å². The van der Waals surface area contributed by atoms with Crippen molar-refractivity contribution in [2.75, 3.05) is 17.2 Å². The number of nitrogens with zero attached hydrogens (tertiary/aromatic N) is 3. The Kier molecular flexibility index (Phi) is 5.86. The van der Waals surface area contributed by atoms with Gasteiger partial charge < -0.3 is 21.1 Å². The molecular formula is C20H25IN6O. The lowest BCUT2D eigenvalue weighted by Crippen LogP contribution is -2.33. The second kappa shape index (κ2) is 8.52. The highest BCUT2D eigenvalue weighted by Gasteiger charge is 2.19.